The summed E-state index contributed by atoms with van der Waals surface area (Å²) < 4.78 is 0. The monoisotopic (exact) mass is 217 g/mol. The highest BCUT2D eigenvalue weighted by molar-refractivity contribution is 6.68. The molecule has 0 radical (unpaired) electrons. The van der Waals surface area contributed by atoms with Crippen LogP contribution in [0.1, 0.15) is 10.4 Å². The predicted octanol–water partition coefficient (Wildman–Crippen LogP) is 1.39. The van der Waals surface area contributed by atoms with Gasteiger partial charge in [0.05, 0.1) is 10.5 Å². The summed E-state index contributed by atoms with van der Waals surface area (Å²) in [4.78, 5) is 20.1. The zero-order valence-corrected chi connectivity index (χ0v) is 7.35. The van der Waals surface area contributed by atoms with Crippen molar-refractivity contribution in [2.45, 2.75) is 0 Å². The fraction of sp³-hybridized carbons (Fsp3) is 0. The molecule has 6 nitrogen and oxygen atoms in total. The van der Waals surface area contributed by atoms with E-state index in [-0.39, 0.29) is 0 Å². The van der Waals surface area contributed by atoms with Crippen LogP contribution in [-0.4, -0.2) is 20.4 Å². The van der Waals surface area contributed by atoms with Crippen LogP contribution in [0, 0.1) is 10.1 Å². The van der Waals surface area contributed by atoms with E-state index in [0.29, 0.717) is 12.1 Å². The van der Waals surface area contributed by atoms with Crippen LogP contribution in [0.25, 0.3) is 0 Å². The number of halogens is 1. The van der Waals surface area contributed by atoms with Crippen molar-refractivity contribution in [3.8, 4) is 11.5 Å². The number of carbonyl (C=O) groups is 1. The molecule has 0 heterocycles. The van der Waals surface area contributed by atoms with E-state index in [1.165, 1.54) is 0 Å². The Kier molecular flexibility index (Phi) is 2.57. The minimum atomic E-state index is -1.04. The minimum absolute atomic E-state index is 0.420. The molecule has 0 saturated heterocycles. The van der Waals surface area contributed by atoms with Gasteiger partial charge in [-0.2, -0.15) is 0 Å². The molecular weight excluding hydrogens is 214 g/mol. The molecule has 1 rings (SSSR count). The summed E-state index contributed by atoms with van der Waals surface area (Å²) in [7, 11) is 0. The van der Waals surface area contributed by atoms with Crippen molar-refractivity contribution in [1.29, 1.82) is 0 Å². The van der Waals surface area contributed by atoms with E-state index in [4.69, 9.17) is 21.8 Å². The van der Waals surface area contributed by atoms with E-state index in [2.05, 4.69) is 0 Å². The molecule has 0 aromatic heterocycles. The number of nitro groups is 1. The smallest absolute Gasteiger partial charge is 0.311 e. The van der Waals surface area contributed by atoms with Gasteiger partial charge in [0.1, 0.15) is 5.75 Å². The minimum Gasteiger partial charge on any atom is -0.507 e. The number of phenolic OH excluding ortho intramolecular Hbond substituents is 2. The quantitative estimate of drug-likeness (QED) is 0.443. The number of benzene rings is 1. The first-order valence-electron chi connectivity index (χ1n) is 3.33. The number of hydrogen-bond donors (Lipinski definition) is 2. The van der Waals surface area contributed by atoms with E-state index in [0.717, 1.165) is 0 Å². The first-order chi connectivity index (χ1) is 6.43. The van der Waals surface area contributed by atoms with Crippen molar-refractivity contribution >= 4 is 22.5 Å². The molecule has 0 aliphatic heterocycles. The number of phenols is 2. The predicted molar refractivity (Wildman–Crippen MR) is 46.6 cm³/mol. The Balaban J connectivity index is 3.42. The Morgan fingerprint density at radius 2 is 1.93 bits per heavy atom. The van der Waals surface area contributed by atoms with Crippen LogP contribution in [-0.2, 0) is 0 Å². The van der Waals surface area contributed by atoms with E-state index < -0.39 is 32.9 Å². The molecule has 0 saturated carbocycles. The Hall–Kier alpha value is -1.82. The van der Waals surface area contributed by atoms with Crippen molar-refractivity contribution < 1.29 is 19.9 Å². The van der Waals surface area contributed by atoms with Crippen LogP contribution < -0.4 is 0 Å². The van der Waals surface area contributed by atoms with Gasteiger partial charge in [0.2, 0.25) is 0 Å². The summed E-state index contributed by atoms with van der Waals surface area (Å²) in [5, 5.41) is 27.4. The lowest BCUT2D eigenvalue weighted by molar-refractivity contribution is -0.385. The molecule has 0 unspecified atom stereocenters. The Morgan fingerprint density at radius 3 is 2.36 bits per heavy atom. The van der Waals surface area contributed by atoms with E-state index >= 15 is 0 Å². The number of aromatic hydroxyl groups is 2. The van der Waals surface area contributed by atoms with E-state index in [1.54, 1.807) is 0 Å². The molecule has 0 bridgehead atoms. The highest BCUT2D eigenvalue weighted by Crippen LogP contribution is 2.33. The summed E-state index contributed by atoms with van der Waals surface area (Å²) in [6.07, 6.45) is 0. The molecule has 1 aromatic rings. The summed E-state index contributed by atoms with van der Waals surface area (Å²) >= 11 is 5.03. The fourth-order valence-electron chi connectivity index (χ4n) is 0.869. The second-order valence-electron chi connectivity index (χ2n) is 2.39. The van der Waals surface area contributed by atoms with Gasteiger partial charge in [-0.3, -0.25) is 14.9 Å². The molecule has 0 amide bonds. The zero-order valence-electron chi connectivity index (χ0n) is 6.60. The van der Waals surface area contributed by atoms with E-state index in [9.17, 15) is 14.9 Å². The Bertz CT molecular complexity index is 382. The van der Waals surface area contributed by atoms with Gasteiger partial charge in [-0.25, -0.2) is 0 Å². The van der Waals surface area contributed by atoms with Gasteiger partial charge in [0.25, 0.3) is 5.24 Å². The van der Waals surface area contributed by atoms with Crippen LogP contribution in [0.15, 0.2) is 12.1 Å². The summed E-state index contributed by atoms with van der Waals surface area (Å²) in [6.45, 7) is 0. The Labute approximate surface area is 82.5 Å². The molecule has 7 heteroatoms. The second-order valence-corrected chi connectivity index (χ2v) is 2.73. The molecule has 1 aromatic carbocycles. The lowest BCUT2D eigenvalue weighted by Gasteiger charge is -2.00. The van der Waals surface area contributed by atoms with Crippen molar-refractivity contribution in [1.82, 2.24) is 0 Å². The topological polar surface area (TPSA) is 101 Å². The molecule has 2 N–H and O–H groups in total. The maximum atomic E-state index is 10.7. The first kappa shape index (κ1) is 10.3. The van der Waals surface area contributed by atoms with Gasteiger partial charge in [-0.15, -0.1) is 0 Å². The molecular formula is C7H4ClNO5. The average molecular weight is 218 g/mol. The van der Waals surface area contributed by atoms with Crippen LogP contribution in [0.4, 0.5) is 5.69 Å². The summed E-state index contributed by atoms with van der Waals surface area (Å²) in [5.74, 6) is -1.33. The lowest BCUT2D eigenvalue weighted by Crippen LogP contribution is -1.94. The summed E-state index contributed by atoms with van der Waals surface area (Å²) in [6, 6.07) is 1.40. The standard InChI is InChI=1S/C7H4ClNO5/c8-7(12)3-1-4(9(13)14)6(11)2-5(3)10/h1-2,10-11H. The van der Waals surface area contributed by atoms with Gasteiger partial charge in [0, 0.05) is 12.1 Å². The maximum Gasteiger partial charge on any atom is 0.311 e. The maximum absolute atomic E-state index is 10.7. The van der Waals surface area contributed by atoms with Gasteiger partial charge in [-0.1, -0.05) is 0 Å². The van der Waals surface area contributed by atoms with Gasteiger partial charge in [0.15, 0.2) is 5.75 Å². The second kappa shape index (κ2) is 3.51. The number of nitrogens with zero attached hydrogens (tertiary/aromatic N) is 1. The number of hydrogen-bond acceptors (Lipinski definition) is 5. The molecule has 0 aliphatic carbocycles. The lowest BCUT2D eigenvalue weighted by atomic mass is 10.2. The molecule has 74 valence electrons. The zero-order chi connectivity index (χ0) is 10.9. The Morgan fingerprint density at radius 1 is 1.36 bits per heavy atom. The molecule has 14 heavy (non-hydrogen) atoms. The highest BCUT2D eigenvalue weighted by Gasteiger charge is 2.20. The van der Waals surface area contributed by atoms with Gasteiger partial charge in [-0.05, 0) is 11.6 Å². The molecule has 0 aliphatic rings. The van der Waals surface area contributed by atoms with Gasteiger partial charge < -0.3 is 10.2 Å². The SMILES string of the molecule is O=C(Cl)c1cc([N+](=O)[O-])c(O)cc1O. The van der Waals surface area contributed by atoms with Crippen molar-refractivity contribution in [3.63, 3.8) is 0 Å². The molecule has 0 spiro atoms. The third kappa shape index (κ3) is 1.74. The largest absolute Gasteiger partial charge is 0.507 e. The van der Waals surface area contributed by atoms with Crippen molar-refractivity contribution in [2.24, 2.45) is 0 Å². The number of nitro benzene ring substituents is 1. The van der Waals surface area contributed by atoms with Crippen LogP contribution >= 0.6 is 11.6 Å². The number of carbonyl (C=O) groups excluding carboxylic acids is 1. The molecule has 0 atom stereocenters. The number of rotatable bonds is 2. The first-order valence-corrected chi connectivity index (χ1v) is 3.71. The summed E-state index contributed by atoms with van der Waals surface area (Å²) in [5.41, 5.74) is -1.11. The van der Waals surface area contributed by atoms with Crippen LogP contribution in [0.5, 0.6) is 11.5 Å². The van der Waals surface area contributed by atoms with Crippen molar-refractivity contribution in [2.75, 3.05) is 0 Å². The highest BCUT2D eigenvalue weighted by atomic mass is 35.5. The average Bonchev–Trinajstić information content (AvgIpc) is 2.02. The van der Waals surface area contributed by atoms with Gasteiger partial charge >= 0.3 is 5.69 Å². The molecule has 0 fully saturated rings. The van der Waals surface area contributed by atoms with E-state index in [1.807, 2.05) is 0 Å². The van der Waals surface area contributed by atoms with Crippen LogP contribution in [0.3, 0.4) is 0 Å². The van der Waals surface area contributed by atoms with Crippen molar-refractivity contribution in [3.05, 3.63) is 27.8 Å². The fourth-order valence-corrected chi connectivity index (χ4v) is 1.02. The normalized spacial score (nSPS) is 9.79. The third-order valence-corrected chi connectivity index (χ3v) is 1.70. The third-order valence-electron chi connectivity index (χ3n) is 1.50. The van der Waals surface area contributed by atoms with Crippen LogP contribution in [0.2, 0.25) is 0 Å².